The molecule has 4 aliphatic rings. The number of methoxy groups -OCH3 is 2. The van der Waals surface area contributed by atoms with Crippen molar-refractivity contribution in [3.63, 3.8) is 0 Å². The molecule has 4 aliphatic heterocycles. The molecule has 8 aromatic rings. The second kappa shape index (κ2) is 57.7. The van der Waals surface area contributed by atoms with Crippen LogP contribution in [0.2, 0.25) is 0 Å². The van der Waals surface area contributed by atoms with Crippen molar-refractivity contribution >= 4 is 101 Å². The maximum absolute atomic E-state index is 11.9. The van der Waals surface area contributed by atoms with Gasteiger partial charge in [-0.2, -0.15) is 21.6 Å². The highest BCUT2D eigenvalue weighted by Gasteiger charge is 2.44. The number of benzene rings is 5. The van der Waals surface area contributed by atoms with E-state index in [2.05, 4.69) is 150 Å². The zero-order chi connectivity index (χ0) is 98.8. The van der Waals surface area contributed by atoms with E-state index < -0.39 is 81.3 Å². The molecule has 3 amide bonds. The number of carbonyl (C=O) groups excluding carboxylic acids is 5. The number of aliphatic hydroxyl groups is 1. The van der Waals surface area contributed by atoms with Gasteiger partial charge in [-0.15, -0.1) is 0 Å². The summed E-state index contributed by atoms with van der Waals surface area (Å²) in [6, 6.07) is 44.3. The Hall–Kier alpha value is -9.14. The van der Waals surface area contributed by atoms with Crippen molar-refractivity contribution in [2.75, 3.05) is 80.0 Å². The Balaban J connectivity index is 0.000000398. The minimum atomic E-state index is -5.84. The Kier molecular flexibility index (Phi) is 51.2. The van der Waals surface area contributed by atoms with Crippen LogP contribution >= 0.6 is 47.8 Å². The van der Waals surface area contributed by atoms with Crippen LogP contribution in [0.3, 0.4) is 0 Å². The minimum Gasteiger partial charge on any atom is -0.444 e. The average molecular weight is 2080 g/mol. The number of halogens is 6. The number of nitrogens with zero attached hydrogens (tertiary/aromatic N) is 3. The van der Waals surface area contributed by atoms with E-state index in [0.29, 0.717) is 58.0 Å². The predicted molar refractivity (Wildman–Crippen MR) is 513 cm³/mol. The summed E-state index contributed by atoms with van der Waals surface area (Å²) in [7, 11) is -4.13. The molecule has 0 saturated heterocycles. The highest BCUT2D eigenvalue weighted by Crippen LogP contribution is 2.35. The fraction of sp³-hybridized carbons (Fsp3) is 0.468. The number of aliphatic hydroxyl groups excluding tert-OH is 1. The molecule has 0 radical (unpaired) electrons. The molecule has 0 aliphatic carbocycles. The predicted octanol–water partition coefficient (Wildman–Crippen LogP) is 17.6. The fourth-order valence-electron chi connectivity index (χ4n) is 11.9. The number of hydrogen-bond acceptors (Lipinski definition) is 27. The van der Waals surface area contributed by atoms with Crippen molar-refractivity contribution in [1.82, 2.24) is 30.9 Å². The first-order valence-corrected chi connectivity index (χ1v) is 45.8. The van der Waals surface area contributed by atoms with Gasteiger partial charge in [0, 0.05) is 90.0 Å². The van der Waals surface area contributed by atoms with Crippen LogP contribution < -0.4 is 32.9 Å². The van der Waals surface area contributed by atoms with Crippen molar-refractivity contribution in [2.24, 2.45) is 11.5 Å². The van der Waals surface area contributed by atoms with E-state index in [4.69, 9.17) is 91.7 Å². The minimum absolute atomic E-state index is 0. The molecule has 734 valence electrons. The van der Waals surface area contributed by atoms with Crippen LogP contribution in [0, 0.1) is 0 Å². The first kappa shape index (κ1) is 118. The van der Waals surface area contributed by atoms with Gasteiger partial charge in [-0.05, 0) is 263 Å². The topological polar surface area (TPSA) is 438 Å². The lowest BCUT2D eigenvalue weighted by molar-refractivity contribution is -0.0940. The van der Waals surface area contributed by atoms with Gasteiger partial charge in [0.25, 0.3) is 0 Å². The second-order valence-corrected chi connectivity index (χ2v) is 38.3. The quantitative estimate of drug-likeness (QED) is 0.00875. The number of alkyl carbamates (subject to hydrolysis) is 3. The van der Waals surface area contributed by atoms with Gasteiger partial charge in [-0.25, -0.2) is 24.0 Å². The summed E-state index contributed by atoms with van der Waals surface area (Å²) in [6.45, 7) is 31.8. The van der Waals surface area contributed by atoms with Gasteiger partial charge in [0.15, 0.2) is 6.29 Å². The molecule has 11 N–H and O–H groups in total. The van der Waals surface area contributed by atoms with E-state index in [1.807, 2.05) is 129 Å². The molecule has 12 rings (SSSR count). The number of alkyl halides is 3. The molecule has 0 saturated carbocycles. The molecular weight excluding hydrogens is 1950 g/mol. The van der Waals surface area contributed by atoms with Crippen LogP contribution in [0.1, 0.15) is 186 Å². The van der Waals surface area contributed by atoms with Gasteiger partial charge in [-0.3, -0.25) is 19.5 Å². The van der Waals surface area contributed by atoms with Gasteiger partial charge in [0.1, 0.15) is 46.3 Å². The Morgan fingerprint density at radius 1 is 0.474 bits per heavy atom. The molecule has 39 heteroatoms. The number of fused-ring (bicyclic) bond motifs is 4. The number of pyridine rings is 3. The molecule has 4 atom stereocenters. The zero-order valence-electron chi connectivity index (χ0n) is 77.5. The summed E-state index contributed by atoms with van der Waals surface area (Å²) in [5.74, 6) is 0. The number of amides is 3. The Bertz CT molecular complexity index is 4800. The van der Waals surface area contributed by atoms with Gasteiger partial charge in [0.05, 0.1) is 52.2 Å². The Morgan fingerprint density at radius 2 is 0.805 bits per heavy atom. The Labute approximate surface area is 804 Å². The number of rotatable bonds is 15. The molecule has 7 heterocycles. The van der Waals surface area contributed by atoms with Crippen LogP contribution in [0.15, 0.2) is 184 Å². The van der Waals surface area contributed by atoms with Gasteiger partial charge >= 0.3 is 53.3 Å². The third-order valence-electron chi connectivity index (χ3n) is 17.6. The number of carbonyl (C=O) groups is 5. The van der Waals surface area contributed by atoms with Crippen molar-refractivity contribution in [3.05, 3.63) is 234 Å². The third-order valence-corrected chi connectivity index (χ3v) is 19.6. The maximum atomic E-state index is 11.9. The molecule has 0 fully saturated rings. The summed E-state index contributed by atoms with van der Waals surface area (Å²) in [4.78, 5) is 69.4. The molecule has 0 spiro atoms. The van der Waals surface area contributed by atoms with Gasteiger partial charge in [0.2, 0.25) is 0 Å². The molecule has 5 aromatic carbocycles. The summed E-state index contributed by atoms with van der Waals surface area (Å²) in [5.41, 5.74) is 18.2. The van der Waals surface area contributed by atoms with Crippen LogP contribution in [-0.4, -0.2) is 201 Å². The smallest absolute Gasteiger partial charge is 0.444 e. The molecular formula is C94H129BBr3F3N8O23S. The summed E-state index contributed by atoms with van der Waals surface area (Å²) in [5, 5.41) is 34.0. The first-order chi connectivity index (χ1) is 61.7. The number of nitrogens with one attached hydrogen (secondary N) is 3. The molecule has 31 nitrogen and oxygen atoms in total. The number of ether oxygens (including phenoxy) is 12. The second-order valence-electron chi connectivity index (χ2n) is 34.2. The molecule has 0 bridgehead atoms. The standard InChI is InChI=1S/2C20H24N2O3.C15H20BrNO3.C10H12BrNO.C10H18O5.C8H9BrO.C5H6BNO2.C4H11NO2.CHF3O3S.CH4/c2*1-20(2,3)25-19(23)22-13-18-17-7-6-14(11-15(17)8-10-24-18)16-5-4-9-21-12-16;1-15(2,3)20-14(18)17-9-13-12-5-4-11(16)8-10(12)6-7-19-13;11-8-1-2-9-7(5-8)3-4-13-10(9)6-12;1-9(2,3)14-7(11)13-8(12)15-10(4,5)6;9-8-3-1-2-7(6-8)4-5-10;8-6(9)5-2-1-3-7-4-5;1-6-4(3-5)7-2;2-1(3,4)8(5,6)7;/h2*4-7,9,11-12,18H,8,10,13H2,1-3H3,(H,22,23);4-5,8,13H,6-7,9H2,1-3H3,(H,17,18);1-2,5,10H,3-4,6,12H2;1-6H3;1-3,6,10H,4-5H2;1-4,8-9H;4H,3,5H2,1-2H3;(H,5,6,7);1H4/t18-;;;;;;;;;/m0........./s1. The normalized spacial score (nSPS) is 15.2. The monoisotopic (exact) mass is 2070 g/mol. The van der Waals surface area contributed by atoms with E-state index in [1.54, 1.807) is 86.5 Å². The van der Waals surface area contributed by atoms with Gasteiger partial charge < -0.3 is 99.4 Å². The van der Waals surface area contributed by atoms with Crippen molar-refractivity contribution in [1.29, 1.82) is 0 Å². The van der Waals surface area contributed by atoms with Crippen molar-refractivity contribution in [3.8, 4) is 22.3 Å². The highest BCUT2D eigenvalue weighted by atomic mass is 79.9. The number of hydrogen-bond donors (Lipinski definition) is 9. The van der Waals surface area contributed by atoms with E-state index in [9.17, 15) is 37.1 Å². The summed E-state index contributed by atoms with van der Waals surface area (Å²) < 4.78 is 123. The SMILES string of the molecule is C.CC(C)(C)OC(=O)NCC1OCCc2cc(-c3cccnc3)ccc21.CC(C)(C)OC(=O)NCC1OCCc2cc(Br)ccc21.CC(C)(C)OC(=O)NC[C@@H]1OCCc2cc(-c3cccnc3)ccc21.CC(C)(C)OC(=O)OC(=O)OC(C)(C)C.COC(CN)OC.NCC1OCCc2cc(Br)ccc21.O=S(=O)(O)C(F)(F)F.OB(O)c1cccnc1.OCCc1cccc(Br)c1. The molecule has 3 aromatic heterocycles. The van der Waals surface area contributed by atoms with Gasteiger partial charge in [-0.1, -0.05) is 134 Å². The van der Waals surface area contributed by atoms with Crippen molar-refractivity contribution in [2.45, 2.75) is 208 Å². The van der Waals surface area contributed by atoms with E-state index in [-0.39, 0.29) is 44.7 Å². The van der Waals surface area contributed by atoms with E-state index in [1.165, 1.54) is 34.0 Å². The van der Waals surface area contributed by atoms with Crippen LogP contribution in [0.25, 0.3) is 22.3 Å². The Morgan fingerprint density at radius 3 is 1.08 bits per heavy atom. The lowest BCUT2D eigenvalue weighted by Gasteiger charge is -2.27. The lowest BCUT2D eigenvalue weighted by Crippen LogP contribution is -2.36. The van der Waals surface area contributed by atoms with E-state index in [0.717, 1.165) is 96.6 Å². The van der Waals surface area contributed by atoms with Crippen LogP contribution in [0.4, 0.5) is 37.1 Å². The lowest BCUT2D eigenvalue weighted by atomic mass is 9.82. The maximum Gasteiger partial charge on any atom is 0.522 e. The number of nitrogens with two attached hydrogens (primary N) is 2. The summed E-state index contributed by atoms with van der Waals surface area (Å²) in [6.07, 6.45) is 10.7. The van der Waals surface area contributed by atoms with Crippen LogP contribution in [-0.2, 0) is 99.1 Å². The number of aromatic nitrogens is 3. The fourth-order valence-corrected chi connectivity index (χ4v) is 13.2. The molecule has 3 unspecified atom stereocenters. The third kappa shape index (κ3) is 48.3. The van der Waals surface area contributed by atoms with Crippen LogP contribution in [0.5, 0.6) is 0 Å². The summed E-state index contributed by atoms with van der Waals surface area (Å²) >= 11 is 10.3. The molecule has 133 heavy (non-hydrogen) atoms. The average Bonchev–Trinajstić information content (AvgIpc) is 0.799. The largest absolute Gasteiger partial charge is 0.522 e. The van der Waals surface area contributed by atoms with E-state index >= 15 is 0 Å². The zero-order valence-corrected chi connectivity index (χ0v) is 83.0. The van der Waals surface area contributed by atoms with Crippen molar-refractivity contribution < 1.29 is 122 Å². The highest BCUT2D eigenvalue weighted by molar-refractivity contribution is 9.11. The first-order valence-electron chi connectivity index (χ1n) is 42.0.